The van der Waals surface area contributed by atoms with Gasteiger partial charge in [-0.25, -0.2) is 0 Å². The highest BCUT2D eigenvalue weighted by Gasteiger charge is 2.67. The molecule has 6 atom stereocenters. The number of aryl methyl sites for hydroxylation is 2. The third kappa shape index (κ3) is 2.27. The van der Waals surface area contributed by atoms with Crippen molar-refractivity contribution in [1.29, 1.82) is 0 Å². The Bertz CT molecular complexity index is 869. The summed E-state index contributed by atoms with van der Waals surface area (Å²) in [4.78, 5) is 41.6. The molecule has 0 N–H and O–H groups in total. The van der Waals surface area contributed by atoms with Crippen molar-refractivity contribution < 1.29 is 14.4 Å². The Morgan fingerprint density at radius 2 is 1.67 bits per heavy atom. The number of nitrogens with zero attached hydrogens (tertiary/aromatic N) is 2. The summed E-state index contributed by atoms with van der Waals surface area (Å²) >= 11 is 0. The van der Waals surface area contributed by atoms with Crippen molar-refractivity contribution in [2.45, 2.75) is 27.2 Å². The van der Waals surface area contributed by atoms with Crippen LogP contribution in [0.5, 0.6) is 0 Å². The third-order valence-electron chi connectivity index (χ3n) is 7.06. The molecule has 3 fully saturated rings. The van der Waals surface area contributed by atoms with Gasteiger partial charge < -0.3 is 0 Å². The predicted molar refractivity (Wildman–Crippen MR) is 100 cm³/mol. The number of benzene rings is 1. The van der Waals surface area contributed by atoms with E-state index in [1.54, 1.807) is 4.90 Å². The number of rotatable bonds is 3. The number of amides is 3. The van der Waals surface area contributed by atoms with Gasteiger partial charge in [-0.1, -0.05) is 29.8 Å². The Labute approximate surface area is 159 Å². The van der Waals surface area contributed by atoms with Gasteiger partial charge in [0.2, 0.25) is 17.7 Å². The minimum Gasteiger partial charge on any atom is -0.294 e. The second-order valence-corrected chi connectivity index (χ2v) is 8.64. The van der Waals surface area contributed by atoms with Gasteiger partial charge in [-0.05, 0) is 55.6 Å². The second kappa shape index (κ2) is 5.54. The van der Waals surface area contributed by atoms with Crippen molar-refractivity contribution in [2.75, 3.05) is 11.6 Å². The molecule has 0 aromatic heterocycles. The van der Waals surface area contributed by atoms with Gasteiger partial charge in [0.25, 0.3) is 0 Å². The summed E-state index contributed by atoms with van der Waals surface area (Å²) in [6, 6.07) is 5.85. The van der Waals surface area contributed by atoms with Crippen molar-refractivity contribution in [1.82, 2.24) is 4.90 Å². The second-order valence-electron chi connectivity index (χ2n) is 8.64. The molecule has 5 aliphatic rings. The van der Waals surface area contributed by atoms with Gasteiger partial charge in [0, 0.05) is 12.6 Å². The zero-order valence-corrected chi connectivity index (χ0v) is 15.9. The maximum Gasteiger partial charge on any atom is 0.235 e. The van der Waals surface area contributed by atoms with E-state index in [0.29, 0.717) is 11.8 Å². The summed E-state index contributed by atoms with van der Waals surface area (Å²) in [5.41, 5.74) is 2.83. The van der Waals surface area contributed by atoms with Crippen LogP contribution in [0, 0.1) is 49.4 Å². The van der Waals surface area contributed by atoms with Crippen molar-refractivity contribution in [2.24, 2.45) is 35.5 Å². The zero-order valence-electron chi connectivity index (χ0n) is 15.9. The van der Waals surface area contributed by atoms with Crippen LogP contribution >= 0.6 is 0 Å². The van der Waals surface area contributed by atoms with Crippen LogP contribution in [0.1, 0.15) is 24.5 Å². The van der Waals surface area contributed by atoms with Crippen LogP contribution in [0.15, 0.2) is 30.4 Å². The van der Waals surface area contributed by atoms with E-state index in [9.17, 15) is 14.4 Å². The van der Waals surface area contributed by atoms with Crippen LogP contribution in [-0.4, -0.2) is 29.3 Å². The number of allylic oxidation sites excluding steroid dienone is 2. The summed E-state index contributed by atoms with van der Waals surface area (Å²) in [5.74, 6) is 0.797. The molecule has 3 amide bonds. The molecule has 1 saturated heterocycles. The first-order valence-electron chi connectivity index (χ1n) is 9.77. The number of imide groups is 1. The van der Waals surface area contributed by atoms with E-state index in [0.717, 1.165) is 23.2 Å². The molecule has 140 valence electrons. The van der Waals surface area contributed by atoms with Gasteiger partial charge in [-0.15, -0.1) is 0 Å². The van der Waals surface area contributed by atoms with E-state index in [2.05, 4.69) is 12.2 Å². The first-order valence-corrected chi connectivity index (χ1v) is 9.77. The quantitative estimate of drug-likeness (QED) is 0.612. The number of likely N-dealkylation sites (tertiary alicyclic amines) is 1. The minimum absolute atomic E-state index is 0.0126. The number of hydrogen-bond donors (Lipinski definition) is 0. The van der Waals surface area contributed by atoms with Crippen LogP contribution in [0.25, 0.3) is 0 Å². The van der Waals surface area contributed by atoms with Crippen molar-refractivity contribution in [3.63, 3.8) is 0 Å². The monoisotopic (exact) mass is 364 g/mol. The van der Waals surface area contributed by atoms with Gasteiger partial charge in [0.05, 0.1) is 11.8 Å². The number of hydrogen-bond acceptors (Lipinski definition) is 3. The van der Waals surface area contributed by atoms with Crippen LogP contribution in [0.2, 0.25) is 0 Å². The fourth-order valence-corrected chi connectivity index (χ4v) is 5.75. The maximum absolute atomic E-state index is 13.2. The van der Waals surface area contributed by atoms with E-state index in [-0.39, 0.29) is 48.1 Å². The van der Waals surface area contributed by atoms with E-state index in [1.807, 2.05) is 32.0 Å². The highest BCUT2D eigenvalue weighted by Crippen LogP contribution is 2.65. The maximum atomic E-state index is 13.2. The average molecular weight is 364 g/mol. The minimum atomic E-state index is -0.218. The molecule has 6 rings (SSSR count). The van der Waals surface area contributed by atoms with Gasteiger partial charge in [0.1, 0.15) is 6.67 Å². The van der Waals surface area contributed by atoms with Crippen molar-refractivity contribution in [3.05, 3.63) is 41.5 Å². The van der Waals surface area contributed by atoms with Gasteiger partial charge in [0.15, 0.2) is 0 Å². The smallest absolute Gasteiger partial charge is 0.235 e. The molecule has 2 bridgehead atoms. The summed E-state index contributed by atoms with van der Waals surface area (Å²) < 4.78 is 0. The van der Waals surface area contributed by atoms with Crippen LogP contribution in [0.4, 0.5) is 5.69 Å². The lowest BCUT2D eigenvalue weighted by Gasteiger charge is -2.37. The average Bonchev–Trinajstić information content (AvgIpc) is 3.40. The van der Waals surface area contributed by atoms with Gasteiger partial charge >= 0.3 is 0 Å². The zero-order chi connectivity index (χ0) is 19.0. The number of anilines is 1. The normalized spacial score (nSPS) is 35.3. The first kappa shape index (κ1) is 16.7. The van der Waals surface area contributed by atoms with E-state index >= 15 is 0 Å². The van der Waals surface area contributed by atoms with E-state index in [1.165, 1.54) is 11.8 Å². The van der Waals surface area contributed by atoms with Crippen LogP contribution in [-0.2, 0) is 14.4 Å². The molecule has 27 heavy (non-hydrogen) atoms. The van der Waals surface area contributed by atoms with Gasteiger partial charge in [-0.3, -0.25) is 24.2 Å². The molecule has 2 saturated carbocycles. The fourth-order valence-electron chi connectivity index (χ4n) is 5.75. The van der Waals surface area contributed by atoms with Crippen LogP contribution in [0.3, 0.4) is 0 Å². The number of carbonyl (C=O) groups is 3. The number of carbonyl (C=O) groups excluding carboxylic acids is 3. The summed E-state index contributed by atoms with van der Waals surface area (Å²) in [6.45, 7) is 5.45. The predicted octanol–water partition coefficient (Wildman–Crippen LogP) is 2.67. The molecule has 5 heteroatoms. The molecule has 0 radical (unpaired) electrons. The fraction of sp³-hybridized carbons (Fsp3) is 0.500. The molecule has 1 aromatic rings. The molecule has 1 heterocycles. The van der Waals surface area contributed by atoms with Crippen molar-refractivity contribution in [3.8, 4) is 0 Å². The Morgan fingerprint density at radius 1 is 1.07 bits per heavy atom. The molecule has 0 spiro atoms. The molecule has 5 nitrogen and oxygen atoms in total. The highest BCUT2D eigenvalue weighted by molar-refractivity contribution is 6.07. The summed E-state index contributed by atoms with van der Waals surface area (Å²) in [7, 11) is 0. The Balaban J connectivity index is 1.45. The molecular formula is C22H24N2O3. The molecule has 1 aliphatic heterocycles. The Hall–Kier alpha value is -2.43. The highest BCUT2D eigenvalue weighted by atomic mass is 16.2. The van der Waals surface area contributed by atoms with Crippen molar-refractivity contribution >= 4 is 23.4 Å². The summed E-state index contributed by atoms with van der Waals surface area (Å²) in [6.07, 6.45) is 5.49. The van der Waals surface area contributed by atoms with E-state index < -0.39 is 0 Å². The molecule has 4 aliphatic carbocycles. The molecular weight excluding hydrogens is 340 g/mol. The largest absolute Gasteiger partial charge is 0.294 e. The molecule has 1 aromatic carbocycles. The topological polar surface area (TPSA) is 57.7 Å². The lowest BCUT2D eigenvalue weighted by Crippen LogP contribution is -2.44. The van der Waals surface area contributed by atoms with Gasteiger partial charge in [-0.2, -0.15) is 0 Å². The summed E-state index contributed by atoms with van der Waals surface area (Å²) in [5, 5.41) is 0. The van der Waals surface area contributed by atoms with E-state index in [4.69, 9.17) is 0 Å². The first-order chi connectivity index (χ1) is 12.9. The Morgan fingerprint density at radius 3 is 2.19 bits per heavy atom. The van der Waals surface area contributed by atoms with Crippen LogP contribution < -0.4 is 4.90 Å². The lowest BCUT2D eigenvalue weighted by atomic mass is 9.63. The lowest BCUT2D eigenvalue weighted by molar-refractivity contribution is -0.140. The SMILES string of the molecule is CC(=O)N(CN1C(=O)C2C3C=CC(C4CC34)C2C1=O)c1ccc(C)cc1C. The Kier molecular flexibility index (Phi) is 3.43. The standard InChI is InChI=1S/C22H24N2O3/c1-11-4-7-18(12(2)8-11)23(13(3)25)10-24-21(26)19-14-5-6-15(17-9-16(14)17)20(19)22(24)27/h4-8,14-17,19-20H,9-10H2,1-3H3. The molecule has 6 unspecified atom stereocenters. The third-order valence-corrected chi connectivity index (χ3v) is 7.06.